The Morgan fingerprint density at radius 2 is 1.50 bits per heavy atom. The number of hydrogen-bond donors (Lipinski definition) is 1. The van der Waals surface area contributed by atoms with E-state index >= 15 is 0 Å². The Kier molecular flexibility index (Phi) is 12.1. The number of rotatable bonds is 10. The van der Waals surface area contributed by atoms with Crippen LogP contribution in [0.1, 0.15) is 73.6 Å². The Morgan fingerprint density at radius 1 is 0.860 bits per heavy atom. The maximum Gasteiger partial charge on any atom is 0.416 e. The fourth-order valence-electron chi connectivity index (χ4n) is 7.28. The summed E-state index contributed by atoms with van der Waals surface area (Å²) in [6.07, 6.45) is -5.26. The number of nitrogens with two attached hydrogens (primary N) is 1. The highest BCUT2D eigenvalue weighted by molar-refractivity contribution is 9.10. The summed E-state index contributed by atoms with van der Waals surface area (Å²) in [5.41, 5.74) is 3.00. The van der Waals surface area contributed by atoms with Crippen molar-refractivity contribution < 1.29 is 45.5 Å². The third-order valence-corrected chi connectivity index (χ3v) is 10.3. The van der Waals surface area contributed by atoms with Gasteiger partial charge in [-0.3, -0.25) is 14.5 Å². The molecule has 2 heterocycles. The minimum Gasteiger partial charge on any atom is -0.444 e. The van der Waals surface area contributed by atoms with Crippen molar-refractivity contribution in [2.45, 2.75) is 89.0 Å². The molecule has 50 heavy (non-hydrogen) atoms. The van der Waals surface area contributed by atoms with Crippen LogP contribution in [0.25, 0.3) is 0 Å². The molecule has 0 unspecified atom stereocenters. The molecule has 3 aliphatic rings. The quantitative estimate of drug-likeness (QED) is 0.201. The largest absolute Gasteiger partial charge is 0.444 e. The van der Waals surface area contributed by atoms with Crippen LogP contribution in [0, 0.1) is 11.8 Å². The minimum atomic E-state index is -5.07. The molecule has 1 saturated carbocycles. The molecule has 2 saturated heterocycles. The fourth-order valence-corrected chi connectivity index (χ4v) is 7.55. The Labute approximate surface area is 295 Å². The van der Waals surface area contributed by atoms with Crippen molar-refractivity contribution in [2.75, 3.05) is 26.2 Å². The molecule has 3 amide bonds. The summed E-state index contributed by atoms with van der Waals surface area (Å²) in [6, 6.07) is 7.44. The van der Waals surface area contributed by atoms with Crippen molar-refractivity contribution in [2.24, 2.45) is 17.6 Å². The summed E-state index contributed by atoms with van der Waals surface area (Å²) in [5.74, 6) is -1.05. The molecule has 3 fully saturated rings. The summed E-state index contributed by atoms with van der Waals surface area (Å²) in [6.45, 7) is -0.131. The molecule has 2 aliphatic heterocycles. The summed E-state index contributed by atoms with van der Waals surface area (Å²) < 4.78 is 87.3. The lowest BCUT2D eigenvalue weighted by Crippen LogP contribution is -2.73. The highest BCUT2D eigenvalue weighted by atomic mass is 79.9. The van der Waals surface area contributed by atoms with Gasteiger partial charge in [0.25, 0.3) is 0 Å². The molecule has 8 nitrogen and oxygen atoms in total. The summed E-state index contributed by atoms with van der Waals surface area (Å²) >= 11 is 3.39. The summed E-state index contributed by atoms with van der Waals surface area (Å²) in [4.78, 5) is 46.7. The van der Waals surface area contributed by atoms with Crippen molar-refractivity contribution in [3.63, 3.8) is 0 Å². The molecule has 274 valence electrons. The SMILES string of the molecule is NCCCC[C@H]1C(=O)N(CC2CCCCC2)C[C@@H]2N(C(=O)OCc3cc(C(F)(F)F)cc(C(F)(F)F)c3)C[C@H](Cc3ccc(Br)cc3)C(=O)N21. The first-order valence-electron chi connectivity index (χ1n) is 16.9. The second-order valence-electron chi connectivity index (χ2n) is 13.4. The van der Waals surface area contributed by atoms with Gasteiger partial charge in [0.15, 0.2) is 0 Å². The fraction of sp³-hybridized carbons (Fsp3) is 0.571. The molecule has 1 aliphatic carbocycles. The number of unbranched alkanes of at least 4 members (excludes halogenated alkanes) is 1. The Morgan fingerprint density at radius 3 is 2.10 bits per heavy atom. The van der Waals surface area contributed by atoms with Crippen LogP contribution in [0.5, 0.6) is 0 Å². The maximum atomic E-state index is 14.3. The second-order valence-corrected chi connectivity index (χ2v) is 14.3. The zero-order valence-electron chi connectivity index (χ0n) is 27.4. The predicted molar refractivity (Wildman–Crippen MR) is 175 cm³/mol. The average molecular weight is 776 g/mol. The summed E-state index contributed by atoms with van der Waals surface area (Å²) in [5, 5.41) is 0. The molecule has 0 bridgehead atoms. The van der Waals surface area contributed by atoms with Crippen molar-refractivity contribution in [1.29, 1.82) is 0 Å². The number of hydrogen-bond acceptors (Lipinski definition) is 5. The third kappa shape index (κ3) is 9.12. The number of carbonyl (C=O) groups is 3. The van der Waals surface area contributed by atoms with Crippen LogP contribution in [0.4, 0.5) is 31.1 Å². The third-order valence-electron chi connectivity index (χ3n) is 9.79. The number of piperazine rings is 1. The van der Waals surface area contributed by atoms with E-state index in [2.05, 4.69) is 15.9 Å². The molecule has 2 aromatic carbocycles. The van der Waals surface area contributed by atoms with Gasteiger partial charge >= 0.3 is 18.4 Å². The van der Waals surface area contributed by atoms with Crippen molar-refractivity contribution in [1.82, 2.24) is 14.7 Å². The smallest absolute Gasteiger partial charge is 0.416 e. The highest BCUT2D eigenvalue weighted by Crippen LogP contribution is 2.37. The first kappa shape index (κ1) is 37.9. The van der Waals surface area contributed by atoms with Crippen LogP contribution in [-0.2, 0) is 39.7 Å². The van der Waals surface area contributed by atoms with E-state index in [4.69, 9.17) is 10.5 Å². The van der Waals surface area contributed by atoms with Crippen LogP contribution in [-0.4, -0.2) is 71.0 Å². The molecule has 5 rings (SSSR count). The molecule has 0 radical (unpaired) electrons. The topological polar surface area (TPSA) is 96.2 Å². The van der Waals surface area contributed by atoms with Gasteiger partial charge in [0, 0.05) is 17.6 Å². The molecule has 2 aromatic rings. The average Bonchev–Trinajstić information content (AvgIpc) is 3.07. The van der Waals surface area contributed by atoms with Gasteiger partial charge in [-0.15, -0.1) is 0 Å². The van der Waals surface area contributed by atoms with Gasteiger partial charge in [0.1, 0.15) is 18.8 Å². The number of carbonyl (C=O) groups excluding carboxylic acids is 3. The van der Waals surface area contributed by atoms with Crippen LogP contribution in [0.2, 0.25) is 0 Å². The lowest BCUT2D eigenvalue weighted by molar-refractivity contribution is -0.174. The number of halogens is 7. The van der Waals surface area contributed by atoms with Gasteiger partial charge in [0.05, 0.1) is 23.6 Å². The Hall–Kier alpha value is -3.33. The first-order chi connectivity index (χ1) is 23.7. The van der Waals surface area contributed by atoms with E-state index in [-0.39, 0.29) is 43.3 Å². The Balaban J connectivity index is 1.46. The zero-order chi connectivity index (χ0) is 36.2. The molecular formula is C35H41BrF6N4O4. The van der Waals surface area contributed by atoms with E-state index in [9.17, 15) is 40.7 Å². The summed E-state index contributed by atoms with van der Waals surface area (Å²) in [7, 11) is 0. The van der Waals surface area contributed by atoms with Gasteiger partial charge in [-0.2, -0.15) is 26.3 Å². The highest BCUT2D eigenvalue weighted by Gasteiger charge is 2.52. The normalized spacial score (nSPS) is 22.2. The van der Waals surface area contributed by atoms with E-state index in [0.29, 0.717) is 44.5 Å². The monoisotopic (exact) mass is 774 g/mol. The van der Waals surface area contributed by atoms with E-state index in [1.807, 2.05) is 24.3 Å². The van der Waals surface area contributed by atoms with Gasteiger partial charge in [0.2, 0.25) is 11.8 Å². The number of amides is 3. The van der Waals surface area contributed by atoms with Gasteiger partial charge < -0.3 is 20.3 Å². The molecule has 15 heteroatoms. The maximum absolute atomic E-state index is 14.3. The zero-order valence-corrected chi connectivity index (χ0v) is 29.0. The number of nitrogens with zero attached hydrogens (tertiary/aromatic N) is 3. The molecule has 3 atom stereocenters. The predicted octanol–water partition coefficient (Wildman–Crippen LogP) is 7.37. The van der Waals surface area contributed by atoms with Crippen LogP contribution in [0.15, 0.2) is 46.9 Å². The molecule has 2 N–H and O–H groups in total. The van der Waals surface area contributed by atoms with E-state index < -0.39 is 59.9 Å². The minimum absolute atomic E-state index is 0.0103. The molecular weight excluding hydrogens is 734 g/mol. The number of fused-ring (bicyclic) bond motifs is 1. The number of benzene rings is 2. The molecule has 0 spiro atoms. The van der Waals surface area contributed by atoms with Gasteiger partial charge in [-0.1, -0.05) is 47.3 Å². The van der Waals surface area contributed by atoms with Gasteiger partial charge in [-0.25, -0.2) is 4.79 Å². The standard InChI is InChI=1S/C35H41BrF6N4O4/c36-28-11-9-22(10-12-28)14-25-19-45(33(49)50-21-24-15-26(34(37,38)39)17-27(16-24)35(40,41)42)30-20-44(18-23-6-2-1-3-7-23)32(48)29(8-4-5-13-43)46(30)31(25)47/h9-12,15-17,23,25,29-30H,1-8,13-14,18-21,43H2/t25-,29-,30+/m0/s1. The number of ether oxygens (including phenoxy) is 1. The van der Waals surface area contributed by atoms with Gasteiger partial charge in [-0.05, 0) is 92.4 Å². The lowest BCUT2D eigenvalue weighted by atomic mass is 9.87. The van der Waals surface area contributed by atoms with E-state index in [0.717, 1.165) is 42.1 Å². The van der Waals surface area contributed by atoms with Crippen LogP contribution < -0.4 is 5.73 Å². The first-order valence-corrected chi connectivity index (χ1v) is 17.7. The number of alkyl halides is 6. The van der Waals surface area contributed by atoms with E-state index in [1.165, 1.54) is 9.80 Å². The van der Waals surface area contributed by atoms with Crippen molar-refractivity contribution in [3.05, 3.63) is 69.2 Å². The van der Waals surface area contributed by atoms with Crippen molar-refractivity contribution in [3.8, 4) is 0 Å². The van der Waals surface area contributed by atoms with Crippen LogP contribution >= 0.6 is 15.9 Å². The van der Waals surface area contributed by atoms with Crippen molar-refractivity contribution >= 4 is 33.8 Å². The lowest BCUT2D eigenvalue weighted by Gasteiger charge is -2.54. The molecule has 0 aromatic heterocycles. The van der Waals surface area contributed by atoms with E-state index in [1.54, 1.807) is 4.90 Å². The second kappa shape index (κ2) is 15.9. The Bertz CT molecular complexity index is 1480. The van der Waals surface area contributed by atoms with Crippen LogP contribution in [0.3, 0.4) is 0 Å².